The Bertz CT molecular complexity index is 2710. The van der Waals surface area contributed by atoms with Crippen molar-refractivity contribution in [1.29, 1.82) is 5.26 Å². The molecule has 0 bridgehead atoms. The first-order valence-corrected chi connectivity index (χ1v) is 17.5. The molecule has 2 heterocycles. The van der Waals surface area contributed by atoms with Gasteiger partial charge in [0.15, 0.2) is 5.82 Å². The predicted octanol–water partition coefficient (Wildman–Crippen LogP) is 12.3. The van der Waals surface area contributed by atoms with E-state index < -0.39 is 5.41 Å². The monoisotopic (exact) mass is 667 g/mol. The quantitative estimate of drug-likeness (QED) is 0.183. The lowest BCUT2D eigenvalue weighted by atomic mass is 9.72. The number of nitriles is 1. The highest BCUT2D eigenvalue weighted by molar-refractivity contribution is 5.98. The first-order valence-electron chi connectivity index (χ1n) is 17.5. The molecule has 1 aliphatic rings. The number of fused-ring (bicyclic) bond motifs is 3. The molecule has 0 radical (unpaired) electrons. The molecule has 0 aliphatic carbocycles. The van der Waals surface area contributed by atoms with Gasteiger partial charge in [-0.15, -0.1) is 0 Å². The summed E-state index contributed by atoms with van der Waals surface area (Å²) in [6.07, 6.45) is 0. The maximum atomic E-state index is 10.1. The normalized spacial score (nSPS) is 12.7. The summed E-state index contributed by atoms with van der Waals surface area (Å²) in [6, 6.07) is 58.6. The smallest absolute Gasteiger partial charge is 0.160 e. The Balaban J connectivity index is 1.19. The van der Waals surface area contributed by atoms with E-state index in [0.717, 1.165) is 78.0 Å². The van der Waals surface area contributed by atoms with Crippen molar-refractivity contribution < 1.29 is 4.74 Å². The third-order valence-electron chi connectivity index (χ3n) is 10.2. The van der Waals surface area contributed by atoms with E-state index in [1.807, 2.05) is 42.5 Å². The van der Waals surface area contributed by atoms with Crippen LogP contribution < -0.4 is 4.74 Å². The van der Waals surface area contributed by atoms with Gasteiger partial charge in [0.1, 0.15) is 17.6 Å². The predicted molar refractivity (Wildman–Crippen MR) is 210 cm³/mol. The summed E-state index contributed by atoms with van der Waals surface area (Å²) in [4.78, 5) is 10.4. The minimum absolute atomic E-state index is 0.394. The van der Waals surface area contributed by atoms with Crippen molar-refractivity contribution in [1.82, 2.24) is 9.97 Å². The van der Waals surface area contributed by atoms with E-state index in [2.05, 4.69) is 141 Å². The van der Waals surface area contributed by atoms with Crippen LogP contribution in [0.15, 0.2) is 164 Å². The molecule has 0 saturated carbocycles. The van der Waals surface area contributed by atoms with Crippen molar-refractivity contribution in [2.45, 2.75) is 19.3 Å². The molecular formula is C48H33N3O. The maximum Gasteiger partial charge on any atom is 0.160 e. The second-order valence-corrected chi connectivity index (χ2v) is 13.7. The first kappa shape index (κ1) is 31.2. The van der Waals surface area contributed by atoms with Gasteiger partial charge < -0.3 is 4.74 Å². The summed E-state index contributed by atoms with van der Waals surface area (Å²) in [6.45, 7) is 4.43. The zero-order valence-corrected chi connectivity index (χ0v) is 28.8. The summed E-state index contributed by atoms with van der Waals surface area (Å²) >= 11 is 0. The Morgan fingerprint density at radius 2 is 1.17 bits per heavy atom. The molecule has 8 aromatic rings. The van der Waals surface area contributed by atoms with E-state index in [9.17, 15) is 5.26 Å². The molecule has 0 atom stereocenters. The standard InChI is InChI=1S/C48H33N3O/c1-48(2)41-23-9-11-25-43(41)52-46-36(30-49)26-27-38(44(46)48)34-18-13-17-33(29-34)37-20-6-7-21-39(37)45-40-22-8-10-24-42(40)50-47(51-45)35-19-12-16-32(28-35)31-14-4-3-5-15-31/h3-29H,1-2H3. The second-order valence-electron chi connectivity index (χ2n) is 13.7. The van der Waals surface area contributed by atoms with Gasteiger partial charge in [0.25, 0.3) is 0 Å². The number of ether oxygens (including phenoxy) is 1. The number of nitrogens with zero attached hydrogens (tertiary/aromatic N) is 3. The number of rotatable bonds is 5. The van der Waals surface area contributed by atoms with Crippen molar-refractivity contribution in [2.75, 3.05) is 0 Å². The van der Waals surface area contributed by atoms with Gasteiger partial charge in [-0.1, -0.05) is 147 Å². The summed E-state index contributed by atoms with van der Waals surface area (Å²) < 4.78 is 6.47. The van der Waals surface area contributed by atoms with Gasteiger partial charge in [-0.05, 0) is 63.7 Å². The van der Waals surface area contributed by atoms with Crippen LogP contribution in [0.4, 0.5) is 0 Å². The third-order valence-corrected chi connectivity index (χ3v) is 10.2. The average molecular weight is 668 g/mol. The van der Waals surface area contributed by atoms with Crippen LogP contribution in [-0.4, -0.2) is 9.97 Å². The first-order chi connectivity index (χ1) is 25.5. The summed E-state index contributed by atoms with van der Waals surface area (Å²) in [7, 11) is 0. The average Bonchev–Trinajstić information content (AvgIpc) is 3.20. The van der Waals surface area contributed by atoms with Gasteiger partial charge in [-0.3, -0.25) is 0 Å². The molecule has 0 N–H and O–H groups in total. The molecule has 246 valence electrons. The van der Waals surface area contributed by atoms with Crippen molar-refractivity contribution in [3.05, 3.63) is 180 Å². The van der Waals surface area contributed by atoms with E-state index in [1.54, 1.807) is 0 Å². The lowest BCUT2D eigenvalue weighted by Crippen LogP contribution is -2.25. The fourth-order valence-electron chi connectivity index (χ4n) is 7.63. The summed E-state index contributed by atoms with van der Waals surface area (Å²) in [5.41, 5.74) is 12.5. The van der Waals surface area contributed by atoms with Crippen LogP contribution in [-0.2, 0) is 5.41 Å². The molecule has 0 amide bonds. The Kier molecular flexibility index (Phi) is 7.49. The van der Waals surface area contributed by atoms with Gasteiger partial charge in [0.2, 0.25) is 0 Å². The van der Waals surface area contributed by atoms with E-state index in [1.165, 1.54) is 0 Å². The minimum Gasteiger partial charge on any atom is -0.455 e. The molecule has 1 aromatic heterocycles. The van der Waals surface area contributed by atoms with Crippen LogP contribution >= 0.6 is 0 Å². The molecule has 9 rings (SSSR count). The highest BCUT2D eigenvalue weighted by atomic mass is 16.5. The van der Waals surface area contributed by atoms with E-state index >= 15 is 0 Å². The molecule has 4 nitrogen and oxygen atoms in total. The number of para-hydroxylation sites is 2. The van der Waals surface area contributed by atoms with Crippen LogP contribution in [0.1, 0.15) is 30.5 Å². The van der Waals surface area contributed by atoms with Crippen molar-refractivity contribution in [3.8, 4) is 73.6 Å². The molecule has 0 unspecified atom stereocenters. The lowest BCUT2D eigenvalue weighted by Gasteiger charge is -2.36. The molecular weight excluding hydrogens is 635 g/mol. The zero-order chi connectivity index (χ0) is 35.2. The van der Waals surface area contributed by atoms with E-state index in [-0.39, 0.29) is 0 Å². The number of aromatic nitrogens is 2. The SMILES string of the molecule is CC1(C)c2ccccc2Oc2c(C#N)ccc(-c3cccc(-c4ccccc4-c4nc(-c5cccc(-c6ccccc6)c5)nc5ccccc45)c3)c21. The van der Waals surface area contributed by atoms with Gasteiger partial charge in [0.05, 0.1) is 16.8 Å². The van der Waals surface area contributed by atoms with Gasteiger partial charge in [0, 0.05) is 33.1 Å². The zero-order valence-electron chi connectivity index (χ0n) is 28.8. The Morgan fingerprint density at radius 3 is 2.00 bits per heavy atom. The van der Waals surface area contributed by atoms with Gasteiger partial charge >= 0.3 is 0 Å². The van der Waals surface area contributed by atoms with Crippen molar-refractivity contribution in [3.63, 3.8) is 0 Å². The van der Waals surface area contributed by atoms with Crippen molar-refractivity contribution >= 4 is 10.9 Å². The fourth-order valence-corrected chi connectivity index (χ4v) is 7.63. The van der Waals surface area contributed by atoms with Crippen LogP contribution in [0.2, 0.25) is 0 Å². The second kappa shape index (κ2) is 12.5. The van der Waals surface area contributed by atoms with Crippen LogP contribution in [0.25, 0.3) is 66.9 Å². The Labute approximate surface area is 303 Å². The van der Waals surface area contributed by atoms with Crippen LogP contribution in [0.3, 0.4) is 0 Å². The lowest BCUT2D eigenvalue weighted by molar-refractivity contribution is 0.417. The highest BCUT2D eigenvalue weighted by Gasteiger charge is 2.38. The van der Waals surface area contributed by atoms with E-state index in [0.29, 0.717) is 17.1 Å². The molecule has 0 fully saturated rings. The minimum atomic E-state index is -0.394. The molecule has 0 saturated heterocycles. The summed E-state index contributed by atoms with van der Waals surface area (Å²) in [5, 5.41) is 11.1. The molecule has 4 heteroatoms. The Hall–Kier alpha value is -6.83. The van der Waals surface area contributed by atoms with Gasteiger partial charge in [-0.25, -0.2) is 9.97 Å². The number of hydrogen-bond acceptors (Lipinski definition) is 4. The Morgan fingerprint density at radius 1 is 0.538 bits per heavy atom. The summed E-state index contributed by atoms with van der Waals surface area (Å²) in [5.74, 6) is 2.10. The maximum absolute atomic E-state index is 10.1. The van der Waals surface area contributed by atoms with E-state index in [4.69, 9.17) is 14.7 Å². The molecule has 52 heavy (non-hydrogen) atoms. The highest BCUT2D eigenvalue weighted by Crippen LogP contribution is 2.52. The van der Waals surface area contributed by atoms with Crippen LogP contribution in [0.5, 0.6) is 11.5 Å². The fraction of sp³-hybridized carbons (Fsp3) is 0.0625. The topological polar surface area (TPSA) is 58.8 Å². The molecule has 0 spiro atoms. The number of benzene rings is 7. The molecule has 1 aliphatic heterocycles. The van der Waals surface area contributed by atoms with Crippen LogP contribution in [0, 0.1) is 11.3 Å². The largest absolute Gasteiger partial charge is 0.455 e. The third kappa shape index (κ3) is 5.23. The van der Waals surface area contributed by atoms with Gasteiger partial charge in [-0.2, -0.15) is 5.26 Å². The number of hydrogen-bond donors (Lipinski definition) is 0. The molecule has 7 aromatic carbocycles. The van der Waals surface area contributed by atoms with Crippen molar-refractivity contribution in [2.24, 2.45) is 0 Å².